The summed E-state index contributed by atoms with van der Waals surface area (Å²) in [6, 6.07) is 0. The van der Waals surface area contributed by atoms with E-state index in [-0.39, 0.29) is 5.75 Å². The highest BCUT2D eigenvalue weighted by atomic mass is 32.2. The molecule has 0 aromatic heterocycles. The number of carboxylic acid groups (broad SMARTS) is 1. The van der Waals surface area contributed by atoms with Crippen molar-refractivity contribution in [1.29, 1.82) is 0 Å². The lowest BCUT2D eigenvalue weighted by Gasteiger charge is -1.98. The van der Waals surface area contributed by atoms with Gasteiger partial charge >= 0.3 is 5.97 Å². The molecule has 114 valence electrons. The Bertz CT molecular complexity index is 313. The molecule has 0 amide bonds. The molecule has 0 saturated carbocycles. The minimum Gasteiger partial charge on any atom is -0.478 e. The first kappa shape index (κ1) is 23.0. The van der Waals surface area contributed by atoms with Gasteiger partial charge in [0.25, 0.3) is 0 Å². The van der Waals surface area contributed by atoms with E-state index in [0.29, 0.717) is 6.42 Å². The monoisotopic (exact) mass is 293 g/mol. The maximum atomic E-state index is 10.5. The number of unbranched alkanes of at least 4 members (excludes halogenated alkanes) is 5. The molecule has 0 aromatic rings. The van der Waals surface area contributed by atoms with Crippen LogP contribution >= 0.6 is 0 Å². The molecule has 5 nitrogen and oxygen atoms in total. The molecular weight excluding hydrogens is 266 g/mol. The molecule has 0 spiro atoms. The number of hydrogen-bond acceptors (Lipinski definition) is 3. The fraction of sp³-hybridized carbons (Fsp3) is 0.615. The molecule has 0 bridgehead atoms. The fourth-order valence-corrected chi connectivity index (χ4v) is 1.69. The van der Waals surface area contributed by atoms with Crippen molar-refractivity contribution in [3.8, 4) is 0 Å². The van der Waals surface area contributed by atoms with E-state index in [2.05, 4.69) is 26.7 Å². The van der Waals surface area contributed by atoms with E-state index in [1.165, 1.54) is 19.3 Å². The molecule has 0 rings (SSSR count). The van der Waals surface area contributed by atoms with Gasteiger partial charge in [-0.15, -0.1) is 13.2 Å². The Morgan fingerprint density at radius 2 is 1.53 bits per heavy atom. The van der Waals surface area contributed by atoms with E-state index in [9.17, 15) is 13.2 Å². The van der Waals surface area contributed by atoms with E-state index < -0.39 is 16.0 Å². The summed E-state index contributed by atoms with van der Waals surface area (Å²) < 4.78 is 21.0. The first-order valence-electron chi connectivity index (χ1n) is 6.19. The summed E-state index contributed by atoms with van der Waals surface area (Å²) in [6.07, 6.45) is 7.33. The summed E-state index contributed by atoms with van der Waals surface area (Å²) >= 11 is 0. The molecule has 0 heterocycles. The first-order chi connectivity index (χ1) is 8.83. The van der Waals surface area contributed by atoms with Gasteiger partial charge in [0.1, 0.15) is 0 Å². The zero-order chi connectivity index (χ0) is 15.7. The van der Waals surface area contributed by atoms with Gasteiger partial charge < -0.3 is 5.11 Å². The van der Waals surface area contributed by atoms with Crippen molar-refractivity contribution in [1.82, 2.24) is 0 Å². The van der Waals surface area contributed by atoms with Crippen LogP contribution in [-0.2, 0) is 14.8 Å². The summed E-state index contributed by atoms with van der Waals surface area (Å²) in [5.74, 6) is -0.843. The van der Waals surface area contributed by atoms with E-state index in [0.717, 1.165) is 18.9 Å². The van der Waals surface area contributed by atoms with Crippen LogP contribution in [0.25, 0.3) is 0 Å². The lowest BCUT2D eigenvalue weighted by Crippen LogP contribution is -2.16. The smallest absolute Gasteiger partial charge is 0.327 e. The number of sulfonamides is 1. The predicted molar refractivity (Wildman–Crippen MR) is 80.4 cm³/mol. The Morgan fingerprint density at radius 3 is 1.84 bits per heavy atom. The van der Waals surface area contributed by atoms with Crippen LogP contribution in [0.3, 0.4) is 0 Å². The van der Waals surface area contributed by atoms with E-state index in [1.807, 2.05) is 0 Å². The van der Waals surface area contributed by atoms with Crippen LogP contribution < -0.4 is 5.14 Å². The van der Waals surface area contributed by atoms with E-state index >= 15 is 0 Å². The third kappa shape index (κ3) is 38.3. The maximum Gasteiger partial charge on any atom is 0.327 e. The van der Waals surface area contributed by atoms with Gasteiger partial charge in [-0.2, -0.15) is 0 Å². The Labute approximate surface area is 117 Å². The Morgan fingerprint density at radius 1 is 1.16 bits per heavy atom. The van der Waals surface area contributed by atoms with Gasteiger partial charge in [-0.1, -0.05) is 45.6 Å². The van der Waals surface area contributed by atoms with Crippen molar-refractivity contribution in [2.24, 2.45) is 5.14 Å². The second-order valence-electron chi connectivity index (χ2n) is 3.68. The summed E-state index contributed by atoms with van der Waals surface area (Å²) in [5.41, 5.74) is 0. The third-order valence-electron chi connectivity index (χ3n) is 1.96. The SMILES string of the molecule is C=C.C=CC(=O)O.CCCCCCCCS(N)(=O)=O. The van der Waals surface area contributed by atoms with Gasteiger partial charge in [0.05, 0.1) is 5.75 Å². The van der Waals surface area contributed by atoms with Crippen LogP contribution in [0.1, 0.15) is 45.4 Å². The van der Waals surface area contributed by atoms with Gasteiger partial charge in [-0.3, -0.25) is 0 Å². The van der Waals surface area contributed by atoms with E-state index in [1.54, 1.807) is 0 Å². The number of carbonyl (C=O) groups is 1. The number of aliphatic carboxylic acids is 1. The minimum absolute atomic E-state index is 0.138. The molecule has 0 aliphatic carbocycles. The van der Waals surface area contributed by atoms with Crippen molar-refractivity contribution in [2.45, 2.75) is 45.4 Å². The average Bonchev–Trinajstić information content (AvgIpc) is 2.35. The summed E-state index contributed by atoms with van der Waals surface area (Å²) in [4.78, 5) is 9.25. The van der Waals surface area contributed by atoms with Crippen molar-refractivity contribution in [3.05, 3.63) is 25.8 Å². The number of nitrogens with two attached hydrogens (primary N) is 1. The Balaban J connectivity index is -0.000000307. The molecule has 0 unspecified atom stereocenters. The van der Waals surface area contributed by atoms with Crippen LogP contribution in [0, 0.1) is 0 Å². The largest absolute Gasteiger partial charge is 0.478 e. The normalized spacial score (nSPS) is 9.37. The van der Waals surface area contributed by atoms with Gasteiger partial charge in [0.2, 0.25) is 10.0 Å². The second kappa shape index (κ2) is 16.9. The van der Waals surface area contributed by atoms with Crippen LogP contribution in [0.15, 0.2) is 25.8 Å². The lowest BCUT2D eigenvalue weighted by atomic mass is 10.1. The van der Waals surface area contributed by atoms with Crippen molar-refractivity contribution in [3.63, 3.8) is 0 Å². The quantitative estimate of drug-likeness (QED) is 0.408. The Kier molecular flexibility index (Phi) is 20.4. The standard InChI is InChI=1S/C8H19NO2S.C3H4O2.C2H4/c1-2-3-4-5-6-7-8-12(9,10)11;1-2-3(4)5;1-2/h2-8H2,1H3,(H2,9,10,11);2H,1H2,(H,4,5);1-2H2. The predicted octanol–water partition coefficient (Wildman–Crippen LogP) is 2.69. The average molecular weight is 293 g/mol. The number of primary sulfonamides is 1. The third-order valence-corrected chi connectivity index (χ3v) is 2.81. The van der Waals surface area contributed by atoms with E-state index in [4.69, 9.17) is 10.2 Å². The lowest BCUT2D eigenvalue weighted by molar-refractivity contribution is -0.131. The zero-order valence-corrected chi connectivity index (χ0v) is 12.6. The van der Waals surface area contributed by atoms with Crippen LogP contribution in [0.5, 0.6) is 0 Å². The topological polar surface area (TPSA) is 97.5 Å². The van der Waals surface area contributed by atoms with Crippen LogP contribution in [0.2, 0.25) is 0 Å². The number of rotatable bonds is 8. The molecule has 0 aromatic carbocycles. The van der Waals surface area contributed by atoms with Gasteiger partial charge in [-0.05, 0) is 6.42 Å². The highest BCUT2D eigenvalue weighted by Crippen LogP contribution is 2.05. The highest BCUT2D eigenvalue weighted by Gasteiger charge is 2.00. The van der Waals surface area contributed by atoms with Gasteiger partial charge in [-0.25, -0.2) is 18.4 Å². The minimum atomic E-state index is -3.22. The molecule has 0 aliphatic rings. The summed E-state index contributed by atoms with van der Waals surface area (Å²) in [7, 11) is -3.22. The second-order valence-corrected chi connectivity index (χ2v) is 5.41. The first-order valence-corrected chi connectivity index (χ1v) is 7.90. The molecule has 0 saturated heterocycles. The fourth-order valence-electron chi connectivity index (χ4n) is 1.08. The van der Waals surface area contributed by atoms with Crippen molar-refractivity contribution in [2.75, 3.05) is 5.75 Å². The molecular formula is C13H27NO4S. The number of carboxylic acids is 1. The summed E-state index contributed by atoms with van der Waals surface area (Å²) in [6.45, 7) is 11.1. The molecule has 3 N–H and O–H groups in total. The van der Waals surface area contributed by atoms with Crippen molar-refractivity contribution >= 4 is 16.0 Å². The molecule has 0 fully saturated rings. The maximum absolute atomic E-state index is 10.5. The molecule has 6 heteroatoms. The molecule has 0 radical (unpaired) electrons. The zero-order valence-electron chi connectivity index (χ0n) is 11.8. The Hall–Kier alpha value is -1.14. The van der Waals surface area contributed by atoms with Crippen molar-refractivity contribution < 1.29 is 18.3 Å². The molecule has 19 heavy (non-hydrogen) atoms. The van der Waals surface area contributed by atoms with Crippen LogP contribution in [0.4, 0.5) is 0 Å². The molecule has 0 atom stereocenters. The van der Waals surface area contributed by atoms with Gasteiger partial charge in [0, 0.05) is 6.08 Å². The van der Waals surface area contributed by atoms with Gasteiger partial charge in [0.15, 0.2) is 0 Å². The van der Waals surface area contributed by atoms with Crippen LogP contribution in [-0.4, -0.2) is 25.2 Å². The number of hydrogen-bond donors (Lipinski definition) is 2. The highest BCUT2D eigenvalue weighted by molar-refractivity contribution is 7.89. The summed E-state index contributed by atoms with van der Waals surface area (Å²) in [5, 5.41) is 12.5. The molecule has 0 aliphatic heterocycles.